The minimum absolute atomic E-state index is 0.985. The molecular weight excluding hydrogens is 446 g/mol. The molecule has 7 rings (SSSR count). The molecule has 2 heterocycles. The maximum absolute atomic E-state index is 4.25. The van der Waals surface area contributed by atoms with E-state index < -0.39 is 0 Å². The Labute approximate surface area is 216 Å². The molecule has 5 aromatic carbocycles. The summed E-state index contributed by atoms with van der Waals surface area (Å²) >= 11 is 0. The highest BCUT2D eigenvalue weighted by Gasteiger charge is 2.18. The van der Waals surface area contributed by atoms with E-state index in [0.717, 1.165) is 11.1 Å². The zero-order chi connectivity index (χ0) is 24.9. The topological polar surface area (TPSA) is 4.41 Å². The van der Waals surface area contributed by atoms with Crippen molar-refractivity contribution in [1.82, 2.24) is 4.40 Å². The Bertz CT molecular complexity index is 2000. The molecule has 0 aliphatic rings. The Balaban J connectivity index is 1.42. The van der Waals surface area contributed by atoms with E-state index >= 15 is 0 Å². The summed E-state index contributed by atoms with van der Waals surface area (Å²) in [5.74, 6) is 0. The van der Waals surface area contributed by atoms with Crippen LogP contribution >= 0.6 is 0 Å². The lowest BCUT2D eigenvalue weighted by molar-refractivity contribution is 1.37. The van der Waals surface area contributed by atoms with Crippen LogP contribution in [-0.2, 0) is 0 Å². The van der Waals surface area contributed by atoms with Crippen LogP contribution in [0.3, 0.4) is 0 Å². The summed E-state index contributed by atoms with van der Waals surface area (Å²) in [6.45, 7) is 8.02. The standard InChI is InChI=1S/C36H25N/c1-3-4-10-24(2)26-17-19-34-32(22-26)30-15-9-16-31-33-23-29(18-20-35(33)37(34)36(30)31)28-14-8-13-27(21-28)25-11-6-5-7-12-25/h3-23H,1-2H2/b10-4-. The Morgan fingerprint density at radius 3 is 1.95 bits per heavy atom. The van der Waals surface area contributed by atoms with E-state index in [1.807, 2.05) is 12.2 Å². The molecule has 2 aromatic heterocycles. The monoisotopic (exact) mass is 471 g/mol. The normalized spacial score (nSPS) is 11.9. The fourth-order valence-corrected chi connectivity index (χ4v) is 5.65. The molecule has 0 aliphatic heterocycles. The highest BCUT2D eigenvalue weighted by Crippen LogP contribution is 2.41. The molecule has 174 valence electrons. The summed E-state index contributed by atoms with van der Waals surface area (Å²) in [7, 11) is 0. The van der Waals surface area contributed by atoms with Gasteiger partial charge in [0.15, 0.2) is 0 Å². The lowest BCUT2D eigenvalue weighted by Gasteiger charge is -2.07. The van der Waals surface area contributed by atoms with Crippen LogP contribution in [0.4, 0.5) is 0 Å². The van der Waals surface area contributed by atoms with E-state index in [2.05, 4.69) is 127 Å². The second kappa shape index (κ2) is 8.36. The SMILES string of the molecule is C=C/C=C\C(=C)c1ccc2c(c1)c1cccc3c4cc(-c5cccc(-c6ccccc6)c5)ccc4n2c13. The molecule has 37 heavy (non-hydrogen) atoms. The van der Waals surface area contributed by atoms with E-state index in [-0.39, 0.29) is 0 Å². The van der Waals surface area contributed by atoms with Crippen molar-refractivity contribution in [2.45, 2.75) is 0 Å². The van der Waals surface area contributed by atoms with Gasteiger partial charge >= 0.3 is 0 Å². The maximum atomic E-state index is 4.25. The number of para-hydroxylation sites is 1. The summed E-state index contributed by atoms with van der Waals surface area (Å²) in [4.78, 5) is 0. The molecule has 0 saturated heterocycles. The smallest absolute Gasteiger partial charge is 0.0620 e. The third kappa shape index (κ3) is 3.32. The largest absolute Gasteiger partial charge is 0.308 e. The minimum Gasteiger partial charge on any atom is -0.308 e. The molecule has 0 aliphatic carbocycles. The summed E-state index contributed by atoms with van der Waals surface area (Å²) < 4.78 is 2.42. The van der Waals surface area contributed by atoms with Crippen LogP contribution in [0.25, 0.3) is 65.9 Å². The number of fused-ring (bicyclic) bond motifs is 6. The molecule has 0 N–H and O–H groups in total. The number of hydrogen-bond acceptors (Lipinski definition) is 0. The fourth-order valence-electron chi connectivity index (χ4n) is 5.65. The summed E-state index contributed by atoms with van der Waals surface area (Å²) in [5.41, 5.74) is 10.8. The number of hydrogen-bond donors (Lipinski definition) is 0. The maximum Gasteiger partial charge on any atom is 0.0620 e. The van der Waals surface area contributed by atoms with Crippen molar-refractivity contribution in [1.29, 1.82) is 0 Å². The highest BCUT2D eigenvalue weighted by molar-refractivity contribution is 6.23. The van der Waals surface area contributed by atoms with Gasteiger partial charge in [-0.25, -0.2) is 0 Å². The Kier molecular flexibility index (Phi) is 4.84. The number of rotatable bonds is 5. The van der Waals surface area contributed by atoms with Crippen LogP contribution in [0.2, 0.25) is 0 Å². The number of nitrogens with zero attached hydrogens (tertiary/aromatic N) is 1. The Hall–Kier alpha value is -4.88. The minimum atomic E-state index is 0.985. The summed E-state index contributed by atoms with van der Waals surface area (Å²) in [6, 6.07) is 39.6. The lowest BCUT2D eigenvalue weighted by atomic mass is 9.97. The first-order valence-electron chi connectivity index (χ1n) is 12.6. The molecule has 0 saturated carbocycles. The van der Waals surface area contributed by atoms with E-state index in [4.69, 9.17) is 0 Å². The molecule has 0 amide bonds. The van der Waals surface area contributed by atoms with Crippen LogP contribution in [0.5, 0.6) is 0 Å². The molecule has 7 aromatic rings. The molecule has 0 spiro atoms. The zero-order valence-electron chi connectivity index (χ0n) is 20.5. The second-order valence-corrected chi connectivity index (χ2v) is 9.57. The van der Waals surface area contributed by atoms with Crippen molar-refractivity contribution >= 4 is 43.7 Å². The molecule has 0 unspecified atom stereocenters. The van der Waals surface area contributed by atoms with Gasteiger partial charge in [-0.15, -0.1) is 0 Å². The van der Waals surface area contributed by atoms with Gasteiger partial charge in [-0.05, 0) is 63.7 Å². The zero-order valence-corrected chi connectivity index (χ0v) is 20.5. The third-order valence-corrected chi connectivity index (χ3v) is 7.42. The summed E-state index contributed by atoms with van der Waals surface area (Å²) in [6.07, 6.45) is 5.72. The van der Waals surface area contributed by atoms with E-state index in [1.54, 1.807) is 6.08 Å². The molecule has 0 radical (unpaired) electrons. The second-order valence-electron chi connectivity index (χ2n) is 9.57. The fraction of sp³-hybridized carbons (Fsp3) is 0. The van der Waals surface area contributed by atoms with Gasteiger partial charge in [-0.3, -0.25) is 0 Å². The molecule has 1 heteroatoms. The quantitative estimate of drug-likeness (QED) is 0.220. The van der Waals surface area contributed by atoms with Gasteiger partial charge in [-0.2, -0.15) is 0 Å². The van der Waals surface area contributed by atoms with Crippen LogP contribution in [0.1, 0.15) is 5.56 Å². The van der Waals surface area contributed by atoms with Gasteiger partial charge in [-0.1, -0.05) is 110 Å². The third-order valence-electron chi connectivity index (χ3n) is 7.42. The number of benzene rings is 5. The predicted molar refractivity (Wildman–Crippen MR) is 160 cm³/mol. The average Bonchev–Trinajstić information content (AvgIpc) is 3.47. The molecule has 0 fully saturated rings. The van der Waals surface area contributed by atoms with Crippen LogP contribution < -0.4 is 0 Å². The van der Waals surface area contributed by atoms with Crippen molar-refractivity contribution in [2.24, 2.45) is 0 Å². The first-order valence-corrected chi connectivity index (χ1v) is 12.6. The number of aromatic nitrogens is 1. The molecule has 1 nitrogen and oxygen atoms in total. The van der Waals surface area contributed by atoms with Crippen LogP contribution in [0, 0.1) is 0 Å². The Morgan fingerprint density at radius 2 is 1.19 bits per heavy atom. The van der Waals surface area contributed by atoms with Gasteiger partial charge in [0.25, 0.3) is 0 Å². The first-order chi connectivity index (χ1) is 18.2. The van der Waals surface area contributed by atoms with Crippen molar-refractivity contribution in [3.05, 3.63) is 146 Å². The number of allylic oxidation sites excluding steroid dienone is 4. The van der Waals surface area contributed by atoms with Crippen molar-refractivity contribution in [2.75, 3.05) is 0 Å². The average molecular weight is 472 g/mol. The van der Waals surface area contributed by atoms with E-state index in [9.17, 15) is 0 Å². The molecule has 0 bridgehead atoms. The van der Waals surface area contributed by atoms with Gasteiger partial charge < -0.3 is 4.40 Å². The van der Waals surface area contributed by atoms with Crippen LogP contribution in [-0.4, -0.2) is 4.40 Å². The lowest BCUT2D eigenvalue weighted by Crippen LogP contribution is -1.84. The molecular formula is C36H25N. The van der Waals surface area contributed by atoms with Crippen LogP contribution in [0.15, 0.2) is 141 Å². The Morgan fingerprint density at radius 1 is 0.568 bits per heavy atom. The van der Waals surface area contributed by atoms with Gasteiger partial charge in [0.1, 0.15) is 0 Å². The van der Waals surface area contributed by atoms with E-state index in [1.165, 1.54) is 60.3 Å². The predicted octanol–water partition coefficient (Wildman–Crippen LogP) is 9.93. The van der Waals surface area contributed by atoms with Crippen molar-refractivity contribution in [3.63, 3.8) is 0 Å². The van der Waals surface area contributed by atoms with Crippen molar-refractivity contribution < 1.29 is 0 Å². The highest BCUT2D eigenvalue weighted by atomic mass is 14.9. The molecule has 0 atom stereocenters. The van der Waals surface area contributed by atoms with Gasteiger partial charge in [0, 0.05) is 21.5 Å². The van der Waals surface area contributed by atoms with Gasteiger partial charge in [0.2, 0.25) is 0 Å². The van der Waals surface area contributed by atoms with E-state index in [0.29, 0.717) is 0 Å². The van der Waals surface area contributed by atoms with Crippen molar-refractivity contribution in [3.8, 4) is 22.3 Å². The summed E-state index contributed by atoms with van der Waals surface area (Å²) in [5, 5.41) is 5.11. The van der Waals surface area contributed by atoms with Gasteiger partial charge in [0.05, 0.1) is 16.6 Å². The first kappa shape index (κ1) is 21.4.